The van der Waals surface area contributed by atoms with Crippen molar-refractivity contribution in [2.45, 2.75) is 86.9 Å². The van der Waals surface area contributed by atoms with Gasteiger partial charge in [0.25, 0.3) is 17.7 Å². The number of aromatic nitrogens is 3. The van der Waals surface area contributed by atoms with Crippen molar-refractivity contribution in [2.75, 3.05) is 19.4 Å². The third-order valence-electron chi connectivity index (χ3n) is 8.42. The molecule has 2 aromatic heterocycles. The van der Waals surface area contributed by atoms with Gasteiger partial charge in [0.2, 0.25) is 5.60 Å². The molecule has 0 aromatic carbocycles. The zero-order valence-corrected chi connectivity index (χ0v) is 21.0. The van der Waals surface area contributed by atoms with E-state index >= 15 is 0 Å². The number of nitrogen functional groups attached to an aromatic ring is 1. The molecule has 3 N–H and O–H groups in total. The largest absolute Gasteiger partial charge is 0.426 e. The minimum atomic E-state index is -5.18. The molecule has 1 aliphatic heterocycles. The first-order valence-corrected chi connectivity index (χ1v) is 12.5. The molecular weight excluding hydrogens is 536 g/mol. The van der Waals surface area contributed by atoms with Gasteiger partial charge in [0.15, 0.2) is 5.69 Å². The third kappa shape index (κ3) is 4.42. The highest BCUT2D eigenvalue weighted by Gasteiger charge is 2.60. The Morgan fingerprint density at radius 2 is 1.72 bits per heavy atom. The summed E-state index contributed by atoms with van der Waals surface area (Å²) in [5.74, 6) is -2.92. The van der Waals surface area contributed by atoms with Gasteiger partial charge in [0.05, 0.1) is 16.9 Å². The van der Waals surface area contributed by atoms with E-state index in [-0.39, 0.29) is 25.8 Å². The Kier molecular flexibility index (Phi) is 6.41. The molecule has 39 heavy (non-hydrogen) atoms. The molecule has 1 atom stereocenters. The lowest BCUT2D eigenvalue weighted by Crippen LogP contribution is -2.50. The minimum absolute atomic E-state index is 0.0137. The van der Waals surface area contributed by atoms with E-state index in [0.717, 1.165) is 0 Å². The van der Waals surface area contributed by atoms with Crippen LogP contribution < -0.4 is 5.73 Å². The molecule has 2 aliphatic carbocycles. The molecule has 2 aromatic rings. The molecule has 3 aliphatic rings. The SMILES string of the molecule is COC12CCC(N3CCCCC[C@](O)(C(F)(F)F)c4nnc(o4)-c4nc(c(C(F)(F)F)cc4N)C3=O)(CC1)C2. The lowest BCUT2D eigenvalue weighted by atomic mass is 9.89. The summed E-state index contributed by atoms with van der Waals surface area (Å²) in [6, 6.07) is 0.486. The van der Waals surface area contributed by atoms with Crippen LogP contribution >= 0.6 is 0 Å². The molecule has 2 saturated carbocycles. The molecule has 0 unspecified atom stereocenters. The lowest BCUT2D eigenvalue weighted by molar-refractivity contribution is -0.277. The van der Waals surface area contributed by atoms with E-state index < -0.39 is 75.8 Å². The van der Waals surface area contributed by atoms with Crippen LogP contribution in [-0.4, -0.2) is 62.1 Å². The molecule has 6 bridgehead atoms. The number of nitrogens with two attached hydrogens (primary N) is 1. The van der Waals surface area contributed by atoms with Crippen LogP contribution in [0.25, 0.3) is 11.6 Å². The number of alkyl halides is 6. The Labute approximate surface area is 218 Å². The van der Waals surface area contributed by atoms with Crippen molar-refractivity contribution in [3.05, 3.63) is 23.2 Å². The highest BCUT2D eigenvalue weighted by atomic mass is 19.4. The second-order valence-corrected chi connectivity index (χ2v) is 10.6. The molecule has 0 spiro atoms. The molecule has 0 radical (unpaired) electrons. The normalized spacial score (nSPS) is 30.1. The first kappa shape index (κ1) is 27.6. The smallest absolute Gasteiger partial charge is 0.416 e. The Morgan fingerprint density at radius 1 is 1.03 bits per heavy atom. The van der Waals surface area contributed by atoms with E-state index in [9.17, 15) is 36.2 Å². The summed E-state index contributed by atoms with van der Waals surface area (Å²) < 4.78 is 95.0. The number of rotatable bonds is 2. The molecule has 214 valence electrons. The maximum atomic E-state index is 14.1. The van der Waals surface area contributed by atoms with Crippen LogP contribution in [0, 0.1) is 0 Å². The molecule has 3 heterocycles. The van der Waals surface area contributed by atoms with Crippen LogP contribution in [0.1, 0.15) is 79.7 Å². The second-order valence-electron chi connectivity index (χ2n) is 10.6. The number of pyridine rings is 1. The van der Waals surface area contributed by atoms with E-state index in [1.54, 1.807) is 7.11 Å². The Balaban J connectivity index is 1.67. The van der Waals surface area contributed by atoms with Gasteiger partial charge in [-0.2, -0.15) is 26.3 Å². The van der Waals surface area contributed by atoms with E-state index in [4.69, 9.17) is 14.9 Å². The summed E-state index contributed by atoms with van der Waals surface area (Å²) in [6.45, 7) is -0.0137. The standard InChI is InChI=1S/C24H27F6N5O4/c1-38-21-8-6-20(12-21,7-9-21)35-10-4-2-3-5-22(37,24(28,29)30)19-34-33-17(39-19)16-14(31)11-13(23(25,26)27)15(32-16)18(35)36/h11,37H,2-10,12,31H2,1H3/t20?,21?,22-/m1/s1. The van der Waals surface area contributed by atoms with Gasteiger partial charge in [-0.15, -0.1) is 10.2 Å². The number of halogens is 6. The first-order chi connectivity index (χ1) is 18.1. The van der Waals surface area contributed by atoms with Gasteiger partial charge in [0, 0.05) is 19.2 Å². The third-order valence-corrected chi connectivity index (χ3v) is 8.42. The number of anilines is 1. The Hall–Kier alpha value is -2.94. The van der Waals surface area contributed by atoms with Crippen LogP contribution in [0.3, 0.4) is 0 Å². The predicted octanol–water partition coefficient (Wildman–Crippen LogP) is 4.60. The fraction of sp³-hybridized carbons (Fsp3) is 0.667. The van der Waals surface area contributed by atoms with Crippen molar-refractivity contribution in [3.8, 4) is 11.6 Å². The van der Waals surface area contributed by atoms with Gasteiger partial charge in [-0.3, -0.25) is 4.79 Å². The average Bonchev–Trinajstić information content (AvgIpc) is 3.59. The van der Waals surface area contributed by atoms with Gasteiger partial charge >= 0.3 is 12.4 Å². The molecule has 2 fully saturated rings. The summed E-state index contributed by atoms with van der Waals surface area (Å²) in [4.78, 5) is 19.2. The van der Waals surface area contributed by atoms with Crippen molar-refractivity contribution in [1.29, 1.82) is 0 Å². The predicted molar refractivity (Wildman–Crippen MR) is 122 cm³/mol. The quantitative estimate of drug-likeness (QED) is 0.508. The summed E-state index contributed by atoms with van der Waals surface area (Å²) >= 11 is 0. The number of hydrogen-bond donors (Lipinski definition) is 2. The number of ether oxygens (including phenoxy) is 1. The number of carbonyl (C=O) groups is 1. The monoisotopic (exact) mass is 563 g/mol. The number of nitrogens with zero attached hydrogens (tertiary/aromatic N) is 4. The van der Waals surface area contributed by atoms with E-state index in [1.165, 1.54) is 4.90 Å². The van der Waals surface area contributed by atoms with Crippen molar-refractivity contribution >= 4 is 11.6 Å². The van der Waals surface area contributed by atoms with Crippen molar-refractivity contribution < 1.29 is 45.4 Å². The fourth-order valence-electron chi connectivity index (χ4n) is 6.21. The maximum Gasteiger partial charge on any atom is 0.426 e. The number of methoxy groups -OCH3 is 1. The van der Waals surface area contributed by atoms with Crippen LogP contribution in [0.15, 0.2) is 10.5 Å². The second kappa shape index (κ2) is 9.04. The molecule has 9 nitrogen and oxygen atoms in total. The van der Waals surface area contributed by atoms with Crippen molar-refractivity contribution in [1.82, 2.24) is 20.1 Å². The zero-order valence-electron chi connectivity index (χ0n) is 21.0. The summed E-state index contributed by atoms with van der Waals surface area (Å²) in [5.41, 5.74) is -2.55. The summed E-state index contributed by atoms with van der Waals surface area (Å²) in [5, 5.41) is 17.4. The molecule has 15 heteroatoms. The van der Waals surface area contributed by atoms with Gasteiger partial charge in [-0.1, -0.05) is 6.42 Å². The number of hydrogen-bond acceptors (Lipinski definition) is 8. The number of fused-ring (bicyclic) bond motifs is 7. The summed E-state index contributed by atoms with van der Waals surface area (Å²) in [6.07, 6.45) is -8.17. The van der Waals surface area contributed by atoms with Gasteiger partial charge < -0.3 is 24.9 Å². The Morgan fingerprint density at radius 3 is 2.31 bits per heavy atom. The van der Waals surface area contributed by atoms with E-state index in [0.29, 0.717) is 38.2 Å². The number of aliphatic hydroxyl groups is 1. The van der Waals surface area contributed by atoms with E-state index in [1.807, 2.05) is 0 Å². The minimum Gasteiger partial charge on any atom is -0.416 e. The van der Waals surface area contributed by atoms with Gasteiger partial charge in [0.1, 0.15) is 5.69 Å². The van der Waals surface area contributed by atoms with Crippen molar-refractivity contribution in [3.63, 3.8) is 0 Å². The highest BCUT2D eigenvalue weighted by molar-refractivity contribution is 5.96. The first-order valence-electron chi connectivity index (χ1n) is 12.5. The zero-order chi connectivity index (χ0) is 28.4. The van der Waals surface area contributed by atoms with Crippen LogP contribution in [-0.2, 0) is 16.5 Å². The molecule has 0 saturated heterocycles. The average molecular weight is 563 g/mol. The fourth-order valence-corrected chi connectivity index (χ4v) is 6.21. The van der Waals surface area contributed by atoms with Crippen LogP contribution in [0.2, 0.25) is 0 Å². The van der Waals surface area contributed by atoms with Crippen LogP contribution in [0.4, 0.5) is 32.0 Å². The molecule has 1 amide bonds. The number of carbonyl (C=O) groups excluding carboxylic acids is 1. The lowest BCUT2D eigenvalue weighted by Gasteiger charge is -2.40. The molecular formula is C24H27F6N5O4. The Bertz CT molecular complexity index is 1270. The highest BCUT2D eigenvalue weighted by Crippen LogP contribution is 2.56. The maximum absolute atomic E-state index is 14.1. The van der Waals surface area contributed by atoms with Crippen molar-refractivity contribution in [2.24, 2.45) is 0 Å². The topological polar surface area (TPSA) is 128 Å². The van der Waals surface area contributed by atoms with Crippen LogP contribution in [0.5, 0.6) is 0 Å². The number of amides is 1. The molecule has 5 rings (SSSR count). The van der Waals surface area contributed by atoms with Gasteiger partial charge in [-0.05, 0) is 57.4 Å². The summed E-state index contributed by atoms with van der Waals surface area (Å²) in [7, 11) is 1.56. The van der Waals surface area contributed by atoms with Gasteiger partial charge in [-0.25, -0.2) is 4.98 Å². The van der Waals surface area contributed by atoms with E-state index in [2.05, 4.69) is 15.2 Å².